The quantitative estimate of drug-likeness (QED) is 0.668. The summed E-state index contributed by atoms with van der Waals surface area (Å²) < 4.78 is 6.98. The van der Waals surface area contributed by atoms with E-state index in [-0.39, 0.29) is 5.56 Å². The second-order valence-corrected chi connectivity index (χ2v) is 7.85. The van der Waals surface area contributed by atoms with Crippen LogP contribution < -0.4 is 10.5 Å². The van der Waals surface area contributed by atoms with Crippen LogP contribution in [0.25, 0.3) is 10.9 Å². The molecule has 1 aromatic carbocycles. The molecule has 1 aliphatic heterocycles. The summed E-state index contributed by atoms with van der Waals surface area (Å²) in [7, 11) is 0. The van der Waals surface area contributed by atoms with E-state index in [1.807, 2.05) is 25.1 Å². The Bertz CT molecular complexity index is 1050. The zero-order chi connectivity index (χ0) is 19.1. The van der Waals surface area contributed by atoms with Gasteiger partial charge in [-0.05, 0) is 43.9 Å². The number of piperazine rings is 1. The molecule has 146 valence electrons. The van der Waals surface area contributed by atoms with Crippen LogP contribution in [0.4, 0.5) is 5.69 Å². The first-order valence-corrected chi connectivity index (χ1v) is 9.91. The summed E-state index contributed by atoms with van der Waals surface area (Å²) in [6.45, 7) is 7.00. The lowest BCUT2D eigenvalue weighted by atomic mass is 10.2. The molecular formula is C20H24N6O2. The van der Waals surface area contributed by atoms with Crippen molar-refractivity contribution in [3.05, 3.63) is 46.6 Å². The normalized spacial score (nSPS) is 18.1. The lowest BCUT2D eigenvalue weighted by molar-refractivity contribution is 0.215. The van der Waals surface area contributed by atoms with Gasteiger partial charge in [-0.3, -0.25) is 14.3 Å². The predicted molar refractivity (Wildman–Crippen MR) is 105 cm³/mol. The van der Waals surface area contributed by atoms with Gasteiger partial charge in [0, 0.05) is 38.4 Å². The van der Waals surface area contributed by atoms with Crippen molar-refractivity contribution in [2.45, 2.75) is 32.9 Å². The molecule has 0 amide bonds. The van der Waals surface area contributed by atoms with Gasteiger partial charge in [-0.1, -0.05) is 5.16 Å². The van der Waals surface area contributed by atoms with E-state index in [9.17, 15) is 4.79 Å². The molecule has 0 unspecified atom stereocenters. The molecule has 0 radical (unpaired) electrons. The van der Waals surface area contributed by atoms with Crippen molar-refractivity contribution in [2.24, 2.45) is 5.92 Å². The van der Waals surface area contributed by atoms with Crippen molar-refractivity contribution in [1.82, 2.24) is 24.6 Å². The lowest BCUT2D eigenvalue weighted by Gasteiger charge is -2.35. The van der Waals surface area contributed by atoms with Crippen LogP contribution in [0.1, 0.15) is 24.6 Å². The molecule has 3 heterocycles. The Kier molecular flexibility index (Phi) is 4.35. The van der Waals surface area contributed by atoms with E-state index in [4.69, 9.17) is 4.52 Å². The maximum absolute atomic E-state index is 12.7. The summed E-state index contributed by atoms with van der Waals surface area (Å²) in [6, 6.07) is 6.01. The number of rotatable bonds is 5. The van der Waals surface area contributed by atoms with Crippen molar-refractivity contribution in [3.8, 4) is 0 Å². The summed E-state index contributed by atoms with van der Waals surface area (Å²) in [5, 5.41) is 4.55. The Labute approximate surface area is 162 Å². The highest BCUT2D eigenvalue weighted by Gasteiger charge is 2.23. The average molecular weight is 380 g/mol. The Morgan fingerprint density at radius 3 is 2.71 bits per heavy atom. The van der Waals surface area contributed by atoms with Gasteiger partial charge in [-0.2, -0.15) is 4.98 Å². The second-order valence-electron chi connectivity index (χ2n) is 7.85. The fraction of sp³-hybridized carbons (Fsp3) is 0.500. The number of fused-ring (bicyclic) bond motifs is 1. The Balaban J connectivity index is 1.28. The monoisotopic (exact) mass is 380 g/mol. The Hall–Kier alpha value is -2.74. The van der Waals surface area contributed by atoms with Gasteiger partial charge < -0.3 is 9.42 Å². The molecule has 0 spiro atoms. The number of hydrogen-bond acceptors (Lipinski definition) is 7. The third kappa shape index (κ3) is 3.52. The van der Waals surface area contributed by atoms with E-state index in [1.165, 1.54) is 12.8 Å². The van der Waals surface area contributed by atoms with Gasteiger partial charge in [-0.15, -0.1) is 0 Å². The number of aryl methyl sites for hydroxylation is 1. The first-order chi connectivity index (χ1) is 13.7. The molecule has 8 nitrogen and oxygen atoms in total. The molecule has 2 fully saturated rings. The molecule has 1 saturated heterocycles. The first kappa shape index (κ1) is 17.4. The van der Waals surface area contributed by atoms with Crippen LogP contribution in [0.5, 0.6) is 0 Å². The highest BCUT2D eigenvalue weighted by Crippen LogP contribution is 2.30. The molecule has 2 aromatic heterocycles. The molecule has 5 rings (SSSR count). The van der Waals surface area contributed by atoms with E-state index in [1.54, 1.807) is 10.9 Å². The zero-order valence-corrected chi connectivity index (χ0v) is 16.0. The summed E-state index contributed by atoms with van der Waals surface area (Å²) in [5.74, 6) is 2.00. The zero-order valence-electron chi connectivity index (χ0n) is 16.0. The SMILES string of the molecule is Cc1noc(CN2CCN(c3ccc4c(=O)n(CC5CC5)cnc4c3)CC2)n1. The fourth-order valence-corrected chi connectivity index (χ4v) is 3.81. The van der Waals surface area contributed by atoms with Gasteiger partial charge in [0.2, 0.25) is 5.89 Å². The molecule has 0 bridgehead atoms. The maximum Gasteiger partial charge on any atom is 0.261 e. The molecule has 2 aliphatic rings. The topological polar surface area (TPSA) is 80.3 Å². The Morgan fingerprint density at radius 2 is 2.00 bits per heavy atom. The molecule has 0 atom stereocenters. The van der Waals surface area contributed by atoms with Crippen LogP contribution in [0.2, 0.25) is 0 Å². The van der Waals surface area contributed by atoms with E-state index < -0.39 is 0 Å². The number of benzene rings is 1. The van der Waals surface area contributed by atoms with Crippen molar-refractivity contribution in [2.75, 3.05) is 31.1 Å². The summed E-state index contributed by atoms with van der Waals surface area (Å²) in [4.78, 5) is 26.2. The van der Waals surface area contributed by atoms with Gasteiger partial charge in [0.15, 0.2) is 5.82 Å². The van der Waals surface area contributed by atoms with Crippen LogP contribution in [0.15, 0.2) is 33.8 Å². The van der Waals surface area contributed by atoms with E-state index in [0.29, 0.717) is 29.6 Å². The van der Waals surface area contributed by atoms with Crippen LogP contribution in [0, 0.1) is 12.8 Å². The van der Waals surface area contributed by atoms with Gasteiger partial charge in [0.25, 0.3) is 5.56 Å². The van der Waals surface area contributed by atoms with Crippen LogP contribution in [0.3, 0.4) is 0 Å². The Morgan fingerprint density at radius 1 is 1.18 bits per heavy atom. The van der Waals surface area contributed by atoms with Gasteiger partial charge in [0.05, 0.1) is 23.8 Å². The van der Waals surface area contributed by atoms with E-state index >= 15 is 0 Å². The summed E-state index contributed by atoms with van der Waals surface area (Å²) >= 11 is 0. The van der Waals surface area contributed by atoms with Crippen LogP contribution in [-0.4, -0.2) is 50.8 Å². The molecule has 1 aliphatic carbocycles. The smallest absolute Gasteiger partial charge is 0.261 e. The van der Waals surface area contributed by atoms with Crippen molar-refractivity contribution < 1.29 is 4.52 Å². The summed E-state index contributed by atoms with van der Waals surface area (Å²) in [6.07, 6.45) is 4.15. The number of nitrogens with zero attached hydrogens (tertiary/aromatic N) is 6. The largest absolute Gasteiger partial charge is 0.369 e. The second kappa shape index (κ2) is 7.01. The van der Waals surface area contributed by atoms with Gasteiger partial charge >= 0.3 is 0 Å². The highest BCUT2D eigenvalue weighted by atomic mass is 16.5. The van der Waals surface area contributed by atoms with E-state index in [0.717, 1.165) is 43.9 Å². The van der Waals surface area contributed by atoms with Crippen molar-refractivity contribution in [3.63, 3.8) is 0 Å². The fourth-order valence-electron chi connectivity index (χ4n) is 3.81. The predicted octanol–water partition coefficient (Wildman–Crippen LogP) is 1.82. The molecule has 1 saturated carbocycles. The van der Waals surface area contributed by atoms with Gasteiger partial charge in [0.1, 0.15) is 0 Å². The molecular weight excluding hydrogens is 356 g/mol. The summed E-state index contributed by atoms with van der Waals surface area (Å²) in [5.41, 5.74) is 1.97. The number of hydrogen-bond donors (Lipinski definition) is 0. The number of anilines is 1. The minimum absolute atomic E-state index is 0.0723. The minimum Gasteiger partial charge on any atom is -0.369 e. The third-order valence-electron chi connectivity index (χ3n) is 5.63. The molecule has 8 heteroatoms. The standard InChI is InChI=1S/C20H24N6O2/c1-14-22-19(28-23-14)12-24-6-8-25(9-7-24)16-4-5-17-18(10-16)21-13-26(20(17)27)11-15-2-3-15/h4-5,10,13,15H,2-3,6-9,11-12H2,1H3. The number of aromatic nitrogens is 4. The molecule has 0 N–H and O–H groups in total. The minimum atomic E-state index is 0.0723. The van der Waals surface area contributed by atoms with E-state index in [2.05, 4.69) is 24.9 Å². The molecule has 3 aromatic rings. The maximum atomic E-state index is 12.7. The lowest BCUT2D eigenvalue weighted by Crippen LogP contribution is -2.46. The third-order valence-corrected chi connectivity index (χ3v) is 5.63. The first-order valence-electron chi connectivity index (χ1n) is 9.91. The molecule has 28 heavy (non-hydrogen) atoms. The van der Waals surface area contributed by atoms with Crippen molar-refractivity contribution >= 4 is 16.6 Å². The van der Waals surface area contributed by atoms with Crippen molar-refractivity contribution in [1.29, 1.82) is 0 Å². The average Bonchev–Trinajstić information content (AvgIpc) is 3.44. The van der Waals surface area contributed by atoms with Crippen LogP contribution >= 0.6 is 0 Å². The van der Waals surface area contributed by atoms with Gasteiger partial charge in [-0.25, -0.2) is 4.98 Å². The highest BCUT2D eigenvalue weighted by molar-refractivity contribution is 5.81. The van der Waals surface area contributed by atoms with Crippen LogP contribution in [-0.2, 0) is 13.1 Å².